The Balaban J connectivity index is 1.46. The normalized spacial score (nSPS) is 18.5. The molecule has 2 aliphatic rings. The number of aromatic nitrogens is 1. The minimum atomic E-state index is -3.41. The van der Waals surface area contributed by atoms with Crippen LogP contribution in [-0.2, 0) is 21.3 Å². The van der Waals surface area contributed by atoms with Gasteiger partial charge in [0.1, 0.15) is 13.1 Å². The number of thiazole rings is 1. The summed E-state index contributed by atoms with van der Waals surface area (Å²) in [7, 11) is -3.41. The fraction of sp³-hybridized carbons (Fsp3) is 0.400. The summed E-state index contributed by atoms with van der Waals surface area (Å²) in [6.45, 7) is 6.73. The summed E-state index contributed by atoms with van der Waals surface area (Å²) in [6, 6.07) is 17.3. The van der Waals surface area contributed by atoms with Gasteiger partial charge in [-0.05, 0) is 42.7 Å². The van der Waals surface area contributed by atoms with Gasteiger partial charge in [0.2, 0.25) is 10.0 Å². The van der Waals surface area contributed by atoms with Gasteiger partial charge in [-0.1, -0.05) is 30.3 Å². The molecule has 7 nitrogen and oxygen atoms in total. The lowest BCUT2D eigenvalue weighted by molar-refractivity contribution is -0.908. The summed E-state index contributed by atoms with van der Waals surface area (Å²) in [5.41, 5.74) is 3.00. The highest BCUT2D eigenvalue weighted by Gasteiger charge is 2.27. The Morgan fingerprint density at radius 1 is 0.971 bits per heavy atom. The van der Waals surface area contributed by atoms with Gasteiger partial charge < -0.3 is 14.2 Å². The molecule has 0 atom stereocenters. The zero-order valence-corrected chi connectivity index (χ0v) is 20.9. The molecule has 34 heavy (non-hydrogen) atoms. The maximum atomic E-state index is 12.9. The Morgan fingerprint density at radius 3 is 2.38 bits per heavy atom. The van der Waals surface area contributed by atoms with Gasteiger partial charge in [-0.3, -0.25) is 0 Å². The molecule has 1 aromatic heterocycles. The van der Waals surface area contributed by atoms with Crippen LogP contribution in [0.25, 0.3) is 11.3 Å². The Hall–Kier alpha value is -2.30. The number of nitrogens with zero attached hydrogens (tertiary/aromatic N) is 3. The lowest BCUT2D eigenvalue weighted by Gasteiger charge is -2.24. The fourth-order valence-corrected chi connectivity index (χ4v) is 7.01. The van der Waals surface area contributed by atoms with Crippen molar-refractivity contribution in [1.82, 2.24) is 8.87 Å². The van der Waals surface area contributed by atoms with Gasteiger partial charge in [0.25, 0.3) is 0 Å². The van der Waals surface area contributed by atoms with Crippen LogP contribution in [0.2, 0.25) is 0 Å². The van der Waals surface area contributed by atoms with E-state index in [0.717, 1.165) is 74.0 Å². The molecule has 0 aliphatic carbocycles. The third kappa shape index (κ3) is 5.18. The lowest BCUT2D eigenvalue weighted by atomic mass is 10.2. The standard InChI is InChI=1S/C25H30N4O3S2/c30-34(31,28-12-4-5-13-28)23-10-8-21(9-11-23)24-20-33-25(26-22-6-2-1-3-7-22)29(24)15-14-27-16-18-32-19-17-27/h1-3,6-11,20H,4-5,12-19H2/p+1. The second-order valence-electron chi connectivity index (χ2n) is 8.75. The maximum absolute atomic E-state index is 12.9. The molecule has 2 aromatic carbocycles. The summed E-state index contributed by atoms with van der Waals surface area (Å²) in [4.78, 5) is 7.76. The van der Waals surface area contributed by atoms with Crippen molar-refractivity contribution in [2.75, 3.05) is 45.9 Å². The van der Waals surface area contributed by atoms with Crippen LogP contribution in [0, 0.1) is 0 Å². The Labute approximate surface area is 205 Å². The number of sulfonamides is 1. The van der Waals surface area contributed by atoms with E-state index in [1.807, 2.05) is 42.5 Å². The van der Waals surface area contributed by atoms with Crippen LogP contribution in [-0.4, -0.2) is 63.2 Å². The van der Waals surface area contributed by atoms with Crippen molar-refractivity contribution in [3.05, 3.63) is 64.8 Å². The van der Waals surface area contributed by atoms with Crippen LogP contribution >= 0.6 is 11.3 Å². The highest BCUT2D eigenvalue weighted by molar-refractivity contribution is 7.89. The average Bonchev–Trinajstić information content (AvgIpc) is 3.55. The van der Waals surface area contributed by atoms with Gasteiger partial charge in [0.15, 0.2) is 4.80 Å². The van der Waals surface area contributed by atoms with Crippen LogP contribution in [0.1, 0.15) is 12.8 Å². The average molecular weight is 500 g/mol. The molecule has 0 saturated carbocycles. The molecule has 3 aromatic rings. The first kappa shape index (κ1) is 23.4. The van der Waals surface area contributed by atoms with E-state index in [0.29, 0.717) is 18.0 Å². The number of hydrogen-bond acceptors (Lipinski definition) is 5. The van der Waals surface area contributed by atoms with E-state index in [4.69, 9.17) is 9.73 Å². The number of para-hydroxylation sites is 1. The van der Waals surface area contributed by atoms with E-state index in [-0.39, 0.29) is 0 Å². The molecule has 0 radical (unpaired) electrons. The summed E-state index contributed by atoms with van der Waals surface area (Å²) >= 11 is 1.62. The van der Waals surface area contributed by atoms with E-state index >= 15 is 0 Å². The predicted octanol–water partition coefficient (Wildman–Crippen LogP) is 2.15. The Morgan fingerprint density at radius 2 is 1.68 bits per heavy atom. The first-order chi connectivity index (χ1) is 16.6. The molecule has 2 saturated heterocycles. The number of ether oxygens (including phenoxy) is 1. The van der Waals surface area contributed by atoms with Crippen LogP contribution in [0.15, 0.2) is 69.9 Å². The molecule has 1 N–H and O–H groups in total. The van der Waals surface area contributed by atoms with Crippen LogP contribution in [0.5, 0.6) is 0 Å². The molecule has 180 valence electrons. The Kier molecular flexibility index (Phi) is 7.26. The summed E-state index contributed by atoms with van der Waals surface area (Å²) in [5, 5.41) is 2.13. The van der Waals surface area contributed by atoms with Crippen molar-refractivity contribution in [3.63, 3.8) is 0 Å². The number of hydrogen-bond donors (Lipinski definition) is 1. The third-order valence-corrected chi connectivity index (χ3v) is 9.30. The largest absolute Gasteiger partial charge is 0.370 e. The first-order valence-corrected chi connectivity index (χ1v) is 14.2. The molecule has 2 fully saturated rings. The smallest absolute Gasteiger partial charge is 0.243 e. The van der Waals surface area contributed by atoms with E-state index < -0.39 is 10.0 Å². The van der Waals surface area contributed by atoms with Crippen LogP contribution < -0.4 is 9.70 Å². The number of quaternary nitrogens is 1. The lowest BCUT2D eigenvalue weighted by Crippen LogP contribution is -3.14. The molecule has 0 spiro atoms. The van der Waals surface area contributed by atoms with E-state index in [2.05, 4.69) is 9.95 Å². The first-order valence-electron chi connectivity index (χ1n) is 11.9. The van der Waals surface area contributed by atoms with Gasteiger partial charge in [-0.25, -0.2) is 13.4 Å². The molecule has 9 heteroatoms. The van der Waals surface area contributed by atoms with Crippen molar-refractivity contribution in [1.29, 1.82) is 0 Å². The fourth-order valence-electron chi connectivity index (χ4n) is 4.53. The Bertz CT molecular complexity index is 1260. The molecular weight excluding hydrogens is 468 g/mol. The number of nitrogens with one attached hydrogen (secondary N) is 1. The number of morpholine rings is 1. The third-order valence-electron chi connectivity index (χ3n) is 6.52. The topological polar surface area (TPSA) is 68.3 Å². The van der Waals surface area contributed by atoms with Crippen molar-refractivity contribution in [2.45, 2.75) is 24.3 Å². The van der Waals surface area contributed by atoms with E-state index in [1.54, 1.807) is 27.8 Å². The minimum Gasteiger partial charge on any atom is -0.370 e. The monoisotopic (exact) mass is 499 g/mol. The highest BCUT2D eigenvalue weighted by Crippen LogP contribution is 2.25. The zero-order valence-electron chi connectivity index (χ0n) is 19.2. The highest BCUT2D eigenvalue weighted by atomic mass is 32.2. The van der Waals surface area contributed by atoms with Gasteiger partial charge in [-0.2, -0.15) is 4.31 Å². The molecule has 2 aliphatic heterocycles. The number of benzene rings is 2. The van der Waals surface area contributed by atoms with E-state index in [9.17, 15) is 8.42 Å². The van der Waals surface area contributed by atoms with Crippen molar-refractivity contribution in [3.8, 4) is 11.3 Å². The SMILES string of the molecule is O=S(=O)(c1ccc(-c2csc(=Nc3ccccc3)n2CC[NH+]2CCOCC2)cc1)N1CCCC1. The van der Waals surface area contributed by atoms with Crippen molar-refractivity contribution >= 4 is 27.0 Å². The van der Waals surface area contributed by atoms with Gasteiger partial charge in [0.05, 0.1) is 42.6 Å². The van der Waals surface area contributed by atoms with Crippen molar-refractivity contribution in [2.24, 2.45) is 4.99 Å². The summed E-state index contributed by atoms with van der Waals surface area (Å²) in [6.07, 6.45) is 1.87. The van der Waals surface area contributed by atoms with Gasteiger partial charge in [-0.15, -0.1) is 11.3 Å². The van der Waals surface area contributed by atoms with Gasteiger partial charge in [0, 0.05) is 18.5 Å². The predicted molar refractivity (Wildman–Crippen MR) is 134 cm³/mol. The summed E-state index contributed by atoms with van der Waals surface area (Å²) in [5.74, 6) is 0. The van der Waals surface area contributed by atoms with E-state index in [1.165, 1.54) is 4.90 Å². The quantitative estimate of drug-likeness (QED) is 0.542. The maximum Gasteiger partial charge on any atom is 0.243 e. The number of rotatable bonds is 7. The van der Waals surface area contributed by atoms with Gasteiger partial charge >= 0.3 is 0 Å². The molecule has 0 bridgehead atoms. The van der Waals surface area contributed by atoms with Crippen molar-refractivity contribution < 1.29 is 18.1 Å². The molecule has 3 heterocycles. The molecule has 5 rings (SSSR count). The minimum absolute atomic E-state index is 0.367. The van der Waals surface area contributed by atoms with Crippen LogP contribution in [0.4, 0.5) is 5.69 Å². The zero-order chi connectivity index (χ0) is 23.4. The van der Waals surface area contributed by atoms with Crippen LogP contribution in [0.3, 0.4) is 0 Å². The second-order valence-corrected chi connectivity index (χ2v) is 11.5. The second kappa shape index (κ2) is 10.5. The molecular formula is C25H31N4O3S2+. The molecule has 0 unspecified atom stereocenters. The molecule has 0 amide bonds. The summed E-state index contributed by atoms with van der Waals surface area (Å²) < 4.78 is 35.2.